The van der Waals surface area contributed by atoms with Crippen molar-refractivity contribution in [2.24, 2.45) is 5.10 Å². The van der Waals surface area contributed by atoms with Gasteiger partial charge in [-0.15, -0.1) is 11.8 Å². The van der Waals surface area contributed by atoms with Crippen molar-refractivity contribution in [3.63, 3.8) is 0 Å². The molecule has 0 spiro atoms. The van der Waals surface area contributed by atoms with Crippen LogP contribution in [0.2, 0.25) is 0 Å². The molecule has 2 aliphatic rings. The van der Waals surface area contributed by atoms with Crippen LogP contribution in [0.1, 0.15) is 37.0 Å². The van der Waals surface area contributed by atoms with Crippen LogP contribution in [0.5, 0.6) is 0 Å². The fraction of sp³-hybridized carbons (Fsp3) is 0.318. The zero-order valence-electron chi connectivity index (χ0n) is 16.1. The highest BCUT2D eigenvalue weighted by molar-refractivity contribution is 8.02. The number of nitrogens with one attached hydrogen (secondary N) is 2. The van der Waals surface area contributed by atoms with E-state index < -0.39 is 0 Å². The number of hydrogen-bond donors (Lipinski definition) is 2. The number of hydrazone groups is 1. The first-order valence-electron chi connectivity index (χ1n) is 9.51. The molecule has 0 radical (unpaired) electrons. The maximum absolute atomic E-state index is 11.1. The Morgan fingerprint density at radius 2 is 2.07 bits per heavy atom. The molecule has 0 saturated carbocycles. The Bertz CT molecular complexity index is 939. The van der Waals surface area contributed by atoms with Crippen molar-refractivity contribution in [2.75, 3.05) is 11.4 Å². The number of nitrogens with zero attached hydrogens (tertiary/aromatic N) is 2. The van der Waals surface area contributed by atoms with Crippen molar-refractivity contribution >= 4 is 35.3 Å². The topological polar surface area (TPSA) is 68.6 Å². The van der Waals surface area contributed by atoms with Crippen LogP contribution in [0, 0.1) is 5.41 Å². The van der Waals surface area contributed by atoms with Gasteiger partial charge in [0, 0.05) is 17.8 Å². The van der Waals surface area contributed by atoms with Gasteiger partial charge in [0.05, 0.1) is 10.5 Å². The molecule has 28 heavy (non-hydrogen) atoms. The molecule has 5 nitrogen and oxygen atoms in total. The number of fused-ring (bicyclic) bond motifs is 1. The normalized spacial score (nSPS) is 20.6. The average Bonchev–Trinajstić information content (AvgIpc) is 2.72. The summed E-state index contributed by atoms with van der Waals surface area (Å²) in [6, 6.07) is 16.3. The molecular formula is C22H24N4OS. The Hall–Kier alpha value is -2.60. The zero-order chi connectivity index (χ0) is 19.7. The number of rotatable bonds is 3. The van der Waals surface area contributed by atoms with E-state index in [1.165, 1.54) is 5.56 Å². The lowest BCUT2D eigenvalue weighted by Gasteiger charge is -2.35. The minimum Gasteiger partial charge on any atom is -0.326 e. The number of carbonyl (C=O) groups is 1. The van der Waals surface area contributed by atoms with Crippen LogP contribution < -0.4 is 10.3 Å². The van der Waals surface area contributed by atoms with Gasteiger partial charge in [0.15, 0.2) is 6.29 Å². The van der Waals surface area contributed by atoms with Crippen molar-refractivity contribution in [2.45, 2.75) is 36.8 Å². The van der Waals surface area contributed by atoms with Gasteiger partial charge in [0.2, 0.25) is 0 Å². The monoisotopic (exact) mass is 392 g/mol. The van der Waals surface area contributed by atoms with E-state index in [9.17, 15) is 4.79 Å². The SMILES string of the molecule is CC1(C)SC(C=O)NN=C1c1ccc2c(c1)CCCN2C(=N)c1ccccc1. The summed E-state index contributed by atoms with van der Waals surface area (Å²) in [5, 5.41) is 12.9. The first kappa shape index (κ1) is 18.7. The van der Waals surface area contributed by atoms with E-state index >= 15 is 0 Å². The van der Waals surface area contributed by atoms with Gasteiger partial charge in [0.25, 0.3) is 0 Å². The first-order chi connectivity index (χ1) is 13.5. The van der Waals surface area contributed by atoms with Gasteiger partial charge in [-0.05, 0) is 49.9 Å². The summed E-state index contributed by atoms with van der Waals surface area (Å²) >= 11 is 1.58. The second-order valence-corrected chi connectivity index (χ2v) is 9.35. The standard InChI is InChI=1S/C22H24N4OS/c1-22(2)20(25-24-19(14-27)28-22)17-10-11-18-16(13-17)9-6-12-26(18)21(23)15-7-4-3-5-8-15/h3-5,7-8,10-11,13-14,19,23-24H,6,9,12H2,1-2H3. The number of carbonyl (C=O) groups excluding carboxylic acids is 1. The van der Waals surface area contributed by atoms with Gasteiger partial charge in [-0.1, -0.05) is 36.4 Å². The van der Waals surface area contributed by atoms with Crippen molar-refractivity contribution in [3.8, 4) is 0 Å². The Kier molecular flexibility index (Phi) is 4.98. The van der Waals surface area contributed by atoms with Crippen molar-refractivity contribution in [1.82, 2.24) is 5.43 Å². The van der Waals surface area contributed by atoms with Gasteiger partial charge in [-0.25, -0.2) is 0 Å². The van der Waals surface area contributed by atoms with Crippen molar-refractivity contribution < 1.29 is 4.79 Å². The lowest BCUT2D eigenvalue weighted by atomic mass is 9.93. The highest BCUT2D eigenvalue weighted by Crippen LogP contribution is 2.36. The van der Waals surface area contributed by atoms with E-state index in [4.69, 9.17) is 5.41 Å². The molecule has 1 atom stereocenters. The molecule has 0 saturated heterocycles. The van der Waals surface area contributed by atoms with Crippen LogP contribution in [-0.2, 0) is 11.2 Å². The molecule has 144 valence electrons. The quantitative estimate of drug-likeness (QED) is 0.473. The maximum Gasteiger partial charge on any atom is 0.154 e. The van der Waals surface area contributed by atoms with E-state index in [1.54, 1.807) is 11.8 Å². The first-order valence-corrected chi connectivity index (χ1v) is 10.4. The number of aryl methyl sites for hydroxylation is 1. The Morgan fingerprint density at radius 1 is 1.29 bits per heavy atom. The summed E-state index contributed by atoms with van der Waals surface area (Å²) in [5.74, 6) is 0.538. The fourth-order valence-corrected chi connectivity index (χ4v) is 4.93. The summed E-state index contributed by atoms with van der Waals surface area (Å²) in [6.45, 7) is 5.06. The van der Waals surface area contributed by atoms with Gasteiger partial charge in [0.1, 0.15) is 11.2 Å². The summed E-state index contributed by atoms with van der Waals surface area (Å²) in [5.41, 5.74) is 8.23. The minimum atomic E-state index is -0.307. The molecule has 4 rings (SSSR count). The number of hydrogen-bond acceptors (Lipinski definition) is 5. The third-order valence-electron chi connectivity index (χ3n) is 5.21. The molecule has 6 heteroatoms. The van der Waals surface area contributed by atoms with E-state index in [-0.39, 0.29) is 10.1 Å². The summed E-state index contributed by atoms with van der Waals surface area (Å²) in [7, 11) is 0. The molecule has 0 amide bonds. The second-order valence-electron chi connectivity index (χ2n) is 7.59. The molecule has 0 aromatic heterocycles. The van der Waals surface area contributed by atoms with Crippen LogP contribution in [0.15, 0.2) is 53.6 Å². The lowest BCUT2D eigenvalue weighted by Crippen LogP contribution is -2.42. The average molecular weight is 393 g/mol. The third-order valence-corrected chi connectivity index (χ3v) is 6.46. The Balaban J connectivity index is 1.67. The zero-order valence-corrected chi connectivity index (χ0v) is 16.9. The molecular weight excluding hydrogens is 368 g/mol. The fourth-order valence-electron chi connectivity index (χ4n) is 3.86. The second kappa shape index (κ2) is 7.43. The van der Waals surface area contributed by atoms with Gasteiger partial charge >= 0.3 is 0 Å². The Morgan fingerprint density at radius 3 is 2.79 bits per heavy atom. The van der Waals surface area contributed by atoms with E-state index in [0.29, 0.717) is 5.84 Å². The van der Waals surface area contributed by atoms with Crippen molar-refractivity contribution in [1.29, 1.82) is 5.41 Å². The molecule has 2 aromatic carbocycles. The number of amidine groups is 1. The summed E-state index contributed by atoms with van der Waals surface area (Å²) in [4.78, 5) is 13.2. The molecule has 0 fully saturated rings. The highest BCUT2D eigenvalue weighted by atomic mass is 32.2. The number of benzene rings is 2. The van der Waals surface area contributed by atoms with E-state index in [1.807, 2.05) is 30.3 Å². The molecule has 2 heterocycles. The third kappa shape index (κ3) is 3.44. The molecule has 0 bridgehead atoms. The number of thioether (sulfide) groups is 1. The molecule has 2 aliphatic heterocycles. The van der Waals surface area contributed by atoms with Gasteiger partial charge < -0.3 is 9.69 Å². The van der Waals surface area contributed by atoms with Crippen LogP contribution in [0.3, 0.4) is 0 Å². The van der Waals surface area contributed by atoms with Crippen molar-refractivity contribution in [3.05, 3.63) is 65.2 Å². The lowest BCUT2D eigenvalue weighted by molar-refractivity contribution is -0.107. The van der Waals surface area contributed by atoms with E-state index in [2.05, 4.69) is 47.5 Å². The number of aldehydes is 1. The summed E-state index contributed by atoms with van der Waals surface area (Å²) < 4.78 is -0.254. The van der Waals surface area contributed by atoms with Crippen LogP contribution in [-0.4, -0.2) is 34.5 Å². The predicted octanol–water partition coefficient (Wildman–Crippen LogP) is 3.81. The van der Waals surface area contributed by atoms with Gasteiger partial charge in [-0.3, -0.25) is 10.8 Å². The van der Waals surface area contributed by atoms with E-state index in [0.717, 1.165) is 48.2 Å². The Labute approximate surface area is 169 Å². The van der Waals surface area contributed by atoms with Crippen LogP contribution in [0.4, 0.5) is 5.69 Å². The highest BCUT2D eigenvalue weighted by Gasteiger charge is 2.35. The largest absolute Gasteiger partial charge is 0.326 e. The smallest absolute Gasteiger partial charge is 0.154 e. The minimum absolute atomic E-state index is 0.254. The maximum atomic E-state index is 11.1. The molecule has 2 aromatic rings. The predicted molar refractivity (Wildman–Crippen MR) is 117 cm³/mol. The van der Waals surface area contributed by atoms with Gasteiger partial charge in [-0.2, -0.15) is 5.10 Å². The number of anilines is 1. The molecule has 2 N–H and O–H groups in total. The summed E-state index contributed by atoms with van der Waals surface area (Å²) in [6.07, 6.45) is 2.90. The molecule has 1 unspecified atom stereocenters. The molecule has 0 aliphatic carbocycles. The van der Waals surface area contributed by atoms with Crippen LogP contribution in [0.25, 0.3) is 0 Å². The van der Waals surface area contributed by atoms with Crippen LogP contribution >= 0.6 is 11.8 Å².